The van der Waals surface area contributed by atoms with Crippen molar-refractivity contribution in [3.8, 4) is 0 Å². The lowest BCUT2D eigenvalue weighted by Gasteiger charge is -2.19. The zero-order valence-corrected chi connectivity index (χ0v) is 10.0. The van der Waals surface area contributed by atoms with E-state index in [1.165, 1.54) is 0 Å². The molecule has 1 aromatic heterocycles. The first-order valence-electron chi connectivity index (χ1n) is 5.17. The minimum atomic E-state index is -0.0256. The van der Waals surface area contributed by atoms with Crippen LogP contribution in [0, 0.1) is 0 Å². The van der Waals surface area contributed by atoms with Gasteiger partial charge >= 0.3 is 0 Å². The molecular formula is C10H15N3OS. The molecule has 1 unspecified atom stereocenters. The van der Waals surface area contributed by atoms with Crippen LogP contribution in [0.4, 0.5) is 5.69 Å². The maximum absolute atomic E-state index is 11.6. The molecule has 0 bridgehead atoms. The molecular weight excluding hydrogens is 210 g/mol. The van der Waals surface area contributed by atoms with Crippen molar-refractivity contribution in [2.45, 2.75) is 37.0 Å². The molecule has 82 valence electrons. The molecule has 0 aliphatic carbocycles. The molecule has 0 spiro atoms. The fourth-order valence-electron chi connectivity index (χ4n) is 1.68. The molecule has 1 aliphatic heterocycles. The van der Waals surface area contributed by atoms with Gasteiger partial charge in [-0.1, -0.05) is 25.1 Å². The number of nitrogens with zero attached hydrogens (tertiary/aromatic N) is 2. The second-order valence-electron chi connectivity index (χ2n) is 3.75. The molecule has 1 atom stereocenters. The first-order valence-corrected chi connectivity index (χ1v) is 6.04. The van der Waals surface area contributed by atoms with Gasteiger partial charge in [0.1, 0.15) is 5.03 Å². The molecule has 1 aliphatic rings. The second-order valence-corrected chi connectivity index (χ2v) is 5.08. The number of aromatic nitrogens is 2. The number of aryl methyl sites for hydroxylation is 2. The Morgan fingerprint density at radius 1 is 1.60 bits per heavy atom. The average Bonchev–Trinajstić information content (AvgIpc) is 2.46. The summed E-state index contributed by atoms with van der Waals surface area (Å²) in [6.07, 6.45) is 1.96. The molecule has 0 fully saturated rings. The molecule has 15 heavy (non-hydrogen) atoms. The van der Waals surface area contributed by atoms with E-state index in [1.54, 1.807) is 11.8 Å². The van der Waals surface area contributed by atoms with Gasteiger partial charge in [-0.2, -0.15) is 5.10 Å². The minimum absolute atomic E-state index is 0.0256. The van der Waals surface area contributed by atoms with Crippen molar-refractivity contribution in [3.63, 3.8) is 0 Å². The quantitative estimate of drug-likeness (QED) is 0.835. The van der Waals surface area contributed by atoms with Gasteiger partial charge in [0.15, 0.2) is 0 Å². The van der Waals surface area contributed by atoms with Gasteiger partial charge in [-0.15, -0.1) is 0 Å². The maximum atomic E-state index is 11.6. The van der Waals surface area contributed by atoms with Gasteiger partial charge < -0.3 is 5.32 Å². The van der Waals surface area contributed by atoms with Crippen molar-refractivity contribution in [1.82, 2.24) is 9.78 Å². The first kappa shape index (κ1) is 10.5. The van der Waals surface area contributed by atoms with Gasteiger partial charge in [-0.05, 0) is 13.3 Å². The van der Waals surface area contributed by atoms with Crippen LogP contribution < -0.4 is 5.32 Å². The number of carbonyl (C=O) groups is 1. The molecule has 1 aromatic rings. The summed E-state index contributed by atoms with van der Waals surface area (Å²) in [5.41, 5.74) is 1.93. The van der Waals surface area contributed by atoms with E-state index >= 15 is 0 Å². The van der Waals surface area contributed by atoms with E-state index in [0.29, 0.717) is 0 Å². The van der Waals surface area contributed by atoms with Crippen molar-refractivity contribution in [3.05, 3.63) is 5.69 Å². The van der Waals surface area contributed by atoms with E-state index in [0.717, 1.165) is 29.2 Å². The van der Waals surface area contributed by atoms with Crippen molar-refractivity contribution < 1.29 is 4.79 Å². The van der Waals surface area contributed by atoms with Crippen LogP contribution in [0.25, 0.3) is 0 Å². The third-order valence-electron chi connectivity index (χ3n) is 2.46. The van der Waals surface area contributed by atoms with Crippen LogP contribution in [-0.2, 0) is 18.3 Å². The molecule has 0 saturated heterocycles. The first-order chi connectivity index (χ1) is 7.13. The molecule has 2 rings (SSSR count). The zero-order chi connectivity index (χ0) is 11.0. The predicted octanol–water partition coefficient (Wildman–Crippen LogP) is 1.81. The maximum Gasteiger partial charge on any atom is 0.237 e. The molecule has 4 nitrogen and oxygen atoms in total. The number of fused-ring (bicyclic) bond motifs is 1. The molecule has 5 heteroatoms. The summed E-state index contributed by atoms with van der Waals surface area (Å²) in [4.78, 5) is 11.6. The van der Waals surface area contributed by atoms with Crippen LogP contribution >= 0.6 is 11.8 Å². The summed E-state index contributed by atoms with van der Waals surface area (Å²) in [7, 11) is 1.93. The Morgan fingerprint density at radius 3 is 3.00 bits per heavy atom. The lowest BCUT2D eigenvalue weighted by Crippen LogP contribution is -2.27. The van der Waals surface area contributed by atoms with Crippen LogP contribution in [0.1, 0.15) is 26.0 Å². The Bertz CT molecular complexity index is 400. The number of thioether (sulfide) groups is 1. The number of carbonyl (C=O) groups excluding carboxylic acids is 1. The molecule has 0 radical (unpaired) electrons. The van der Waals surface area contributed by atoms with Gasteiger partial charge in [0.05, 0.1) is 16.6 Å². The van der Waals surface area contributed by atoms with Crippen LogP contribution in [0.2, 0.25) is 0 Å². The van der Waals surface area contributed by atoms with Crippen LogP contribution in [0.3, 0.4) is 0 Å². The number of anilines is 1. The lowest BCUT2D eigenvalue weighted by molar-refractivity contribution is -0.115. The van der Waals surface area contributed by atoms with Gasteiger partial charge in [-0.3, -0.25) is 9.48 Å². The third-order valence-corrected chi connectivity index (χ3v) is 3.72. The smallest absolute Gasteiger partial charge is 0.237 e. The predicted molar refractivity (Wildman–Crippen MR) is 61.2 cm³/mol. The Balaban J connectivity index is 2.40. The summed E-state index contributed by atoms with van der Waals surface area (Å²) in [6, 6.07) is 0. The molecule has 1 amide bonds. The van der Waals surface area contributed by atoms with E-state index in [9.17, 15) is 4.79 Å². The van der Waals surface area contributed by atoms with Crippen LogP contribution in [-0.4, -0.2) is 20.9 Å². The van der Waals surface area contributed by atoms with Crippen molar-refractivity contribution in [1.29, 1.82) is 0 Å². The van der Waals surface area contributed by atoms with E-state index in [1.807, 2.05) is 18.7 Å². The zero-order valence-electron chi connectivity index (χ0n) is 9.20. The van der Waals surface area contributed by atoms with Crippen molar-refractivity contribution in [2.24, 2.45) is 7.05 Å². The number of hydrogen-bond acceptors (Lipinski definition) is 3. The molecule has 2 heterocycles. The van der Waals surface area contributed by atoms with Crippen molar-refractivity contribution >= 4 is 23.4 Å². The Labute approximate surface area is 93.4 Å². The van der Waals surface area contributed by atoms with E-state index < -0.39 is 0 Å². The van der Waals surface area contributed by atoms with Crippen LogP contribution in [0.5, 0.6) is 0 Å². The van der Waals surface area contributed by atoms with Crippen LogP contribution in [0.15, 0.2) is 5.03 Å². The fraction of sp³-hybridized carbons (Fsp3) is 0.600. The SMILES string of the molecule is CCCc1nn(C)c2c1NC(=O)C(C)S2. The topological polar surface area (TPSA) is 46.9 Å². The van der Waals surface area contributed by atoms with E-state index in [2.05, 4.69) is 17.3 Å². The van der Waals surface area contributed by atoms with Crippen molar-refractivity contribution in [2.75, 3.05) is 5.32 Å². The standard InChI is InChI=1S/C10H15N3OS/c1-4-5-7-8-10(13(3)12-7)15-6(2)9(14)11-8/h6H,4-5H2,1-3H3,(H,11,14). The van der Waals surface area contributed by atoms with Gasteiger partial charge in [0.25, 0.3) is 0 Å². The Kier molecular flexibility index (Phi) is 2.73. The highest BCUT2D eigenvalue weighted by Gasteiger charge is 2.28. The highest BCUT2D eigenvalue weighted by Crippen LogP contribution is 2.37. The highest BCUT2D eigenvalue weighted by atomic mass is 32.2. The fourth-order valence-corrected chi connectivity index (χ4v) is 2.66. The number of hydrogen-bond donors (Lipinski definition) is 1. The summed E-state index contributed by atoms with van der Waals surface area (Å²) in [5.74, 6) is 0.0813. The Morgan fingerprint density at radius 2 is 2.33 bits per heavy atom. The number of rotatable bonds is 2. The second kappa shape index (κ2) is 3.89. The molecule has 0 saturated carbocycles. The average molecular weight is 225 g/mol. The third kappa shape index (κ3) is 1.76. The van der Waals surface area contributed by atoms with Gasteiger partial charge in [-0.25, -0.2) is 0 Å². The molecule has 0 aromatic carbocycles. The Hall–Kier alpha value is -0.970. The summed E-state index contributed by atoms with van der Waals surface area (Å²) in [6.45, 7) is 4.02. The number of amides is 1. The summed E-state index contributed by atoms with van der Waals surface area (Å²) < 4.78 is 1.86. The minimum Gasteiger partial charge on any atom is -0.321 e. The highest BCUT2D eigenvalue weighted by molar-refractivity contribution is 8.00. The number of nitrogens with one attached hydrogen (secondary N) is 1. The molecule has 1 N–H and O–H groups in total. The van der Waals surface area contributed by atoms with Gasteiger partial charge in [0.2, 0.25) is 5.91 Å². The normalized spacial score (nSPS) is 19.9. The monoisotopic (exact) mass is 225 g/mol. The summed E-state index contributed by atoms with van der Waals surface area (Å²) >= 11 is 1.58. The largest absolute Gasteiger partial charge is 0.321 e. The summed E-state index contributed by atoms with van der Waals surface area (Å²) in [5, 5.41) is 8.42. The van der Waals surface area contributed by atoms with Gasteiger partial charge in [0, 0.05) is 7.05 Å². The van der Waals surface area contributed by atoms with E-state index in [-0.39, 0.29) is 11.2 Å². The lowest BCUT2D eigenvalue weighted by atomic mass is 10.2. The van der Waals surface area contributed by atoms with E-state index in [4.69, 9.17) is 0 Å².